The van der Waals surface area contributed by atoms with Gasteiger partial charge in [0.1, 0.15) is 0 Å². The molecule has 0 heterocycles. The second-order valence-electron chi connectivity index (χ2n) is 5.51. The summed E-state index contributed by atoms with van der Waals surface area (Å²) in [5.74, 6) is -1.09. The number of nitrogens with two attached hydrogens (primary N) is 5. The van der Waals surface area contributed by atoms with E-state index in [4.69, 9.17) is 28.7 Å². The van der Waals surface area contributed by atoms with Crippen LogP contribution in [0.5, 0.6) is 0 Å². The average Bonchev–Trinajstić information content (AvgIpc) is 2.55. The van der Waals surface area contributed by atoms with Crippen LogP contribution in [0, 0.1) is 0 Å². The highest BCUT2D eigenvalue weighted by Crippen LogP contribution is 1.91. The summed E-state index contributed by atoms with van der Waals surface area (Å²) in [7, 11) is 0. The summed E-state index contributed by atoms with van der Waals surface area (Å²) in [6, 6.07) is -0.757. The van der Waals surface area contributed by atoms with Gasteiger partial charge in [0.25, 0.3) is 0 Å². The monoisotopic (exact) mass is 347 g/mol. The smallest absolute Gasteiger partial charge is 0.234 e. The predicted octanol–water partition coefficient (Wildman–Crippen LogP) is -2.29. The molecule has 0 aromatic heterocycles. The SMILES string of the molecule is NC(=O)CC[C@H](N)C(N)=O.NCCCNCCCCNCCCN. The molecule has 0 spiro atoms. The maximum atomic E-state index is 10.3. The van der Waals surface area contributed by atoms with E-state index in [1.807, 2.05) is 0 Å². The zero-order chi connectivity index (χ0) is 18.6. The number of hydrogen-bond donors (Lipinski definition) is 7. The van der Waals surface area contributed by atoms with E-state index in [1.54, 1.807) is 0 Å². The van der Waals surface area contributed by atoms with Gasteiger partial charge in [-0.1, -0.05) is 0 Å². The fourth-order valence-electron chi connectivity index (χ4n) is 1.64. The summed E-state index contributed by atoms with van der Waals surface area (Å²) in [6.07, 6.45) is 4.96. The Bertz CT molecular complexity index is 292. The Morgan fingerprint density at radius 3 is 1.54 bits per heavy atom. The normalized spacial score (nSPS) is 11.5. The van der Waals surface area contributed by atoms with Crippen LogP contribution in [0.1, 0.15) is 38.5 Å². The topological polar surface area (TPSA) is 188 Å². The van der Waals surface area contributed by atoms with E-state index < -0.39 is 17.9 Å². The van der Waals surface area contributed by atoms with E-state index in [0.717, 1.165) is 52.1 Å². The average molecular weight is 348 g/mol. The maximum Gasteiger partial charge on any atom is 0.234 e. The number of nitrogens with one attached hydrogen (secondary N) is 2. The number of rotatable bonds is 15. The molecule has 0 fully saturated rings. The minimum absolute atomic E-state index is 0.101. The van der Waals surface area contributed by atoms with Crippen LogP contribution in [-0.4, -0.2) is 57.1 Å². The number of carbonyl (C=O) groups excluding carboxylic acids is 2. The van der Waals surface area contributed by atoms with Crippen LogP contribution in [0.15, 0.2) is 0 Å². The van der Waals surface area contributed by atoms with E-state index in [9.17, 15) is 9.59 Å². The molecule has 9 nitrogen and oxygen atoms in total. The van der Waals surface area contributed by atoms with Crippen LogP contribution >= 0.6 is 0 Å². The third kappa shape index (κ3) is 23.0. The van der Waals surface area contributed by atoms with Crippen molar-refractivity contribution in [2.24, 2.45) is 28.7 Å². The molecule has 12 N–H and O–H groups in total. The minimum atomic E-state index is -0.757. The van der Waals surface area contributed by atoms with Gasteiger partial charge < -0.3 is 39.3 Å². The van der Waals surface area contributed by atoms with Crippen molar-refractivity contribution in [2.45, 2.75) is 44.6 Å². The molecule has 0 aromatic rings. The van der Waals surface area contributed by atoms with Gasteiger partial charge in [-0.2, -0.15) is 0 Å². The van der Waals surface area contributed by atoms with Crippen molar-refractivity contribution in [3.63, 3.8) is 0 Å². The summed E-state index contributed by atoms with van der Waals surface area (Å²) < 4.78 is 0. The number of unbranched alkanes of at least 4 members (excludes halogenated alkanes) is 1. The first-order chi connectivity index (χ1) is 11.5. The lowest BCUT2D eigenvalue weighted by Gasteiger charge is -2.04. The molecule has 0 bridgehead atoms. The van der Waals surface area contributed by atoms with Crippen LogP contribution in [0.4, 0.5) is 0 Å². The van der Waals surface area contributed by atoms with Gasteiger partial charge >= 0.3 is 0 Å². The van der Waals surface area contributed by atoms with Gasteiger partial charge in [0.2, 0.25) is 11.8 Å². The zero-order valence-electron chi connectivity index (χ0n) is 14.8. The lowest BCUT2D eigenvalue weighted by molar-refractivity contribution is -0.120. The molecule has 0 aliphatic rings. The maximum absolute atomic E-state index is 10.3. The molecule has 9 heteroatoms. The van der Waals surface area contributed by atoms with Crippen molar-refractivity contribution in [1.29, 1.82) is 0 Å². The number of carbonyl (C=O) groups is 2. The van der Waals surface area contributed by atoms with Crippen LogP contribution < -0.4 is 39.3 Å². The Kier molecular flexibility index (Phi) is 20.6. The molecule has 0 saturated carbocycles. The van der Waals surface area contributed by atoms with Gasteiger partial charge in [-0.05, 0) is 71.4 Å². The lowest BCUT2D eigenvalue weighted by Crippen LogP contribution is -2.37. The molecule has 2 amide bonds. The molecule has 0 rings (SSSR count). The Labute approximate surface area is 145 Å². The third-order valence-corrected chi connectivity index (χ3v) is 3.14. The van der Waals surface area contributed by atoms with E-state index in [-0.39, 0.29) is 12.8 Å². The summed E-state index contributed by atoms with van der Waals surface area (Å²) >= 11 is 0. The standard InChI is InChI=1S/C10H26N4.C5H11N3O2/c11-5-3-9-13-7-1-2-8-14-10-4-6-12;6-3(5(8)10)1-2-4(7)9/h13-14H,1-12H2;3H,1-2,6H2,(H2,7,9)(H2,8,10)/t;3-/m.0/s1. The van der Waals surface area contributed by atoms with E-state index in [0.29, 0.717) is 0 Å². The van der Waals surface area contributed by atoms with E-state index in [2.05, 4.69) is 10.6 Å². The fraction of sp³-hybridized carbons (Fsp3) is 0.867. The Morgan fingerprint density at radius 1 is 0.792 bits per heavy atom. The summed E-state index contributed by atoms with van der Waals surface area (Å²) in [5, 5.41) is 6.72. The van der Waals surface area contributed by atoms with Gasteiger partial charge in [0, 0.05) is 6.42 Å². The van der Waals surface area contributed by atoms with Gasteiger partial charge in [-0.15, -0.1) is 0 Å². The van der Waals surface area contributed by atoms with Crippen molar-refractivity contribution in [2.75, 3.05) is 39.3 Å². The van der Waals surface area contributed by atoms with Gasteiger partial charge in [0.05, 0.1) is 6.04 Å². The lowest BCUT2D eigenvalue weighted by atomic mass is 10.1. The summed E-state index contributed by atoms with van der Waals surface area (Å²) in [4.78, 5) is 20.4. The van der Waals surface area contributed by atoms with Crippen LogP contribution in [0.2, 0.25) is 0 Å². The molecule has 0 unspecified atom stereocenters. The number of hydrogen-bond acceptors (Lipinski definition) is 7. The Morgan fingerprint density at radius 2 is 1.21 bits per heavy atom. The second-order valence-corrected chi connectivity index (χ2v) is 5.51. The molecule has 1 atom stereocenters. The third-order valence-electron chi connectivity index (χ3n) is 3.14. The van der Waals surface area contributed by atoms with Crippen LogP contribution in [-0.2, 0) is 9.59 Å². The molecule has 0 aromatic carbocycles. The van der Waals surface area contributed by atoms with Crippen LogP contribution in [0.25, 0.3) is 0 Å². The first kappa shape index (κ1) is 25.0. The molecule has 144 valence electrons. The summed E-state index contributed by atoms with van der Waals surface area (Å²) in [5.41, 5.74) is 25.5. The van der Waals surface area contributed by atoms with Crippen molar-refractivity contribution in [3.8, 4) is 0 Å². The predicted molar refractivity (Wildman–Crippen MR) is 97.9 cm³/mol. The van der Waals surface area contributed by atoms with Crippen molar-refractivity contribution < 1.29 is 9.59 Å². The van der Waals surface area contributed by atoms with E-state index in [1.165, 1.54) is 12.8 Å². The Balaban J connectivity index is 0. The van der Waals surface area contributed by atoms with Crippen LogP contribution in [0.3, 0.4) is 0 Å². The van der Waals surface area contributed by atoms with Gasteiger partial charge in [0.15, 0.2) is 0 Å². The number of primary amides is 2. The Hall–Kier alpha value is -1.26. The molecular formula is C15H37N7O2. The highest BCUT2D eigenvalue weighted by Gasteiger charge is 2.09. The number of amides is 2. The minimum Gasteiger partial charge on any atom is -0.370 e. The fourth-order valence-corrected chi connectivity index (χ4v) is 1.64. The largest absolute Gasteiger partial charge is 0.370 e. The van der Waals surface area contributed by atoms with Crippen molar-refractivity contribution in [3.05, 3.63) is 0 Å². The van der Waals surface area contributed by atoms with Gasteiger partial charge in [-0.25, -0.2) is 0 Å². The van der Waals surface area contributed by atoms with Crippen molar-refractivity contribution in [1.82, 2.24) is 10.6 Å². The first-order valence-corrected chi connectivity index (χ1v) is 8.60. The molecular weight excluding hydrogens is 310 g/mol. The van der Waals surface area contributed by atoms with Gasteiger partial charge in [-0.3, -0.25) is 9.59 Å². The highest BCUT2D eigenvalue weighted by atomic mass is 16.1. The highest BCUT2D eigenvalue weighted by molar-refractivity contribution is 5.81. The van der Waals surface area contributed by atoms with Crippen molar-refractivity contribution >= 4 is 11.8 Å². The van der Waals surface area contributed by atoms with E-state index >= 15 is 0 Å². The molecule has 24 heavy (non-hydrogen) atoms. The molecule has 0 aliphatic heterocycles. The molecule has 0 radical (unpaired) electrons. The zero-order valence-corrected chi connectivity index (χ0v) is 14.8. The molecule has 0 saturated heterocycles. The molecule has 0 aliphatic carbocycles. The first-order valence-electron chi connectivity index (χ1n) is 8.60. The summed E-state index contributed by atoms with van der Waals surface area (Å²) in [6.45, 7) is 5.90. The second kappa shape index (κ2) is 19.8. The quantitative estimate of drug-likeness (QED) is 0.162.